The van der Waals surface area contributed by atoms with Crippen molar-refractivity contribution >= 4 is 17.3 Å². The Labute approximate surface area is 335 Å². The van der Waals surface area contributed by atoms with Crippen molar-refractivity contribution in [2.75, 3.05) is 0 Å². The molecule has 54 heavy (non-hydrogen) atoms. The Balaban J connectivity index is 4.80. The highest BCUT2D eigenvalue weighted by atomic mass is 16.4. The van der Waals surface area contributed by atoms with Crippen molar-refractivity contribution in [3.63, 3.8) is 0 Å². The third kappa shape index (κ3) is 28.3. The maximum absolute atomic E-state index is 13.5. The molecule has 0 aromatic carbocycles. The van der Waals surface area contributed by atoms with E-state index in [1.807, 2.05) is 0 Å². The van der Waals surface area contributed by atoms with Gasteiger partial charge in [0.05, 0.1) is 0 Å². The minimum absolute atomic E-state index is 0.0468. The van der Waals surface area contributed by atoms with E-state index in [0.717, 1.165) is 57.8 Å². The molecular weight excluding hydrogens is 673 g/mol. The highest BCUT2D eigenvalue weighted by Gasteiger charge is 2.52. The molecule has 3 N–H and O–H groups in total. The summed E-state index contributed by atoms with van der Waals surface area (Å²) in [7, 11) is 0. The summed E-state index contributed by atoms with van der Waals surface area (Å²) in [6.07, 6.45) is 37.0. The molecule has 0 heterocycles. The Morgan fingerprint density at radius 2 is 0.556 bits per heavy atom. The molecule has 6 heteroatoms. The van der Waals surface area contributed by atoms with E-state index in [9.17, 15) is 29.7 Å². The van der Waals surface area contributed by atoms with Crippen molar-refractivity contribution in [3.8, 4) is 0 Å². The largest absolute Gasteiger partial charge is 0.386 e. The van der Waals surface area contributed by atoms with Crippen molar-refractivity contribution in [1.82, 2.24) is 0 Å². The van der Waals surface area contributed by atoms with Crippen LogP contribution in [0.2, 0.25) is 0 Å². The monoisotopic (exact) mass is 765 g/mol. The third-order valence-electron chi connectivity index (χ3n) is 11.7. The number of carbonyl (C=O) groups excluding carboxylic acids is 3. The molecule has 0 saturated heterocycles. The number of carbonyl (C=O) groups is 3. The summed E-state index contributed by atoms with van der Waals surface area (Å²) in [5, 5.41) is 33.6. The molecule has 0 spiro atoms. The molecule has 0 saturated carbocycles. The lowest BCUT2D eigenvalue weighted by Gasteiger charge is -2.32. The van der Waals surface area contributed by atoms with Gasteiger partial charge in [-0.15, -0.1) is 0 Å². The molecule has 0 aliphatic carbocycles. The second kappa shape index (κ2) is 38.7. The van der Waals surface area contributed by atoms with Gasteiger partial charge in [-0.2, -0.15) is 0 Å². The molecule has 320 valence electrons. The van der Waals surface area contributed by atoms with E-state index < -0.39 is 35.2 Å². The van der Waals surface area contributed by atoms with E-state index in [4.69, 9.17) is 0 Å². The molecule has 0 aliphatic heterocycles. The van der Waals surface area contributed by atoms with Gasteiger partial charge in [0.15, 0.2) is 17.3 Å². The standard InChI is InChI=1S/C48H92O6/c1-4-7-10-13-16-19-22-25-28-31-34-37-40-43(49)46(52)47(53)48(54,44(50)41-38-35-32-29-26-23-20-17-14-11-8-5-2)45(51)42-39-36-33-30-27-24-21-18-15-12-9-6-3/h46-47,52-54H,4-42H2,1-3H3. The zero-order valence-electron chi connectivity index (χ0n) is 36.3. The number of ketones is 3. The minimum Gasteiger partial charge on any atom is -0.386 e. The van der Waals surface area contributed by atoms with Gasteiger partial charge in [0.25, 0.3) is 0 Å². The van der Waals surface area contributed by atoms with Crippen molar-refractivity contribution in [2.24, 2.45) is 0 Å². The van der Waals surface area contributed by atoms with Gasteiger partial charge in [-0.3, -0.25) is 14.4 Å². The number of aliphatic hydroxyl groups is 3. The normalized spacial score (nSPS) is 13.0. The maximum atomic E-state index is 13.5. The number of hydrogen-bond donors (Lipinski definition) is 3. The first kappa shape index (κ1) is 52.9. The van der Waals surface area contributed by atoms with E-state index >= 15 is 0 Å². The van der Waals surface area contributed by atoms with E-state index in [-0.39, 0.29) is 19.3 Å². The fraction of sp³-hybridized carbons (Fsp3) is 0.938. The van der Waals surface area contributed by atoms with Crippen LogP contribution in [0.5, 0.6) is 0 Å². The third-order valence-corrected chi connectivity index (χ3v) is 11.7. The van der Waals surface area contributed by atoms with Crippen LogP contribution < -0.4 is 0 Å². The van der Waals surface area contributed by atoms with Gasteiger partial charge in [0.1, 0.15) is 12.2 Å². The molecule has 6 nitrogen and oxygen atoms in total. The number of rotatable bonds is 44. The smallest absolute Gasteiger partial charge is 0.210 e. The Bertz CT molecular complexity index is 816. The number of hydrogen-bond acceptors (Lipinski definition) is 6. The van der Waals surface area contributed by atoms with Crippen LogP contribution >= 0.6 is 0 Å². The number of Topliss-reactive ketones (excluding diaryl/α,β-unsaturated/α-hetero) is 3. The lowest BCUT2D eigenvalue weighted by molar-refractivity contribution is -0.174. The summed E-state index contributed by atoms with van der Waals surface area (Å²) >= 11 is 0. The van der Waals surface area contributed by atoms with Crippen LogP contribution in [0.25, 0.3) is 0 Å². The molecule has 2 atom stereocenters. The minimum atomic E-state index is -2.75. The second-order valence-electron chi connectivity index (χ2n) is 16.9. The van der Waals surface area contributed by atoms with E-state index in [0.29, 0.717) is 19.3 Å². The van der Waals surface area contributed by atoms with Gasteiger partial charge in [-0.1, -0.05) is 233 Å². The van der Waals surface area contributed by atoms with Gasteiger partial charge >= 0.3 is 0 Å². The van der Waals surface area contributed by atoms with Gasteiger partial charge < -0.3 is 15.3 Å². The van der Waals surface area contributed by atoms with Crippen molar-refractivity contribution in [2.45, 2.75) is 289 Å². The van der Waals surface area contributed by atoms with Crippen LogP contribution in [0.15, 0.2) is 0 Å². The first-order valence-corrected chi connectivity index (χ1v) is 23.9. The zero-order valence-corrected chi connectivity index (χ0v) is 36.3. The Kier molecular flexibility index (Phi) is 38.0. The Morgan fingerprint density at radius 3 is 0.796 bits per heavy atom. The fourth-order valence-corrected chi connectivity index (χ4v) is 7.81. The van der Waals surface area contributed by atoms with Gasteiger partial charge in [-0.25, -0.2) is 0 Å². The lowest BCUT2D eigenvalue weighted by Crippen LogP contribution is -2.61. The molecule has 0 rings (SSSR count). The zero-order chi connectivity index (χ0) is 40.0. The van der Waals surface area contributed by atoms with Crippen LogP contribution in [0, 0.1) is 0 Å². The summed E-state index contributed by atoms with van der Waals surface area (Å²) in [5.74, 6) is -2.13. The number of aliphatic hydroxyl groups excluding tert-OH is 2. The molecule has 0 amide bonds. The first-order chi connectivity index (χ1) is 26.3. The lowest BCUT2D eigenvalue weighted by atomic mass is 9.79. The molecule has 2 unspecified atom stereocenters. The molecule has 0 radical (unpaired) electrons. The summed E-state index contributed by atoms with van der Waals surface area (Å²) in [6.45, 7) is 6.71. The van der Waals surface area contributed by atoms with E-state index in [2.05, 4.69) is 20.8 Å². The Morgan fingerprint density at radius 1 is 0.352 bits per heavy atom. The SMILES string of the molecule is CCCCCCCCCCCCCCC(=O)C(O)C(O)C(O)(C(=O)CCCCCCCCCCCCCC)C(=O)CCCCCCCCCCCCCC. The average Bonchev–Trinajstić information content (AvgIpc) is 3.17. The molecule has 0 aliphatic rings. The molecule has 0 bridgehead atoms. The first-order valence-electron chi connectivity index (χ1n) is 23.9. The van der Waals surface area contributed by atoms with Gasteiger partial charge in [0, 0.05) is 19.3 Å². The summed E-state index contributed by atoms with van der Waals surface area (Å²) in [4.78, 5) is 40.0. The Hall–Kier alpha value is -1.11. The number of unbranched alkanes of at least 4 members (excludes halogenated alkanes) is 33. The van der Waals surface area contributed by atoms with Crippen molar-refractivity contribution in [1.29, 1.82) is 0 Å². The van der Waals surface area contributed by atoms with Gasteiger partial charge in [0.2, 0.25) is 5.60 Å². The predicted molar refractivity (Wildman–Crippen MR) is 229 cm³/mol. The predicted octanol–water partition coefficient (Wildman–Crippen LogP) is 13.4. The average molecular weight is 765 g/mol. The molecule has 0 aromatic rings. The van der Waals surface area contributed by atoms with E-state index in [1.165, 1.54) is 154 Å². The topological polar surface area (TPSA) is 112 Å². The van der Waals surface area contributed by atoms with Crippen LogP contribution in [-0.2, 0) is 14.4 Å². The molecule has 0 fully saturated rings. The summed E-state index contributed by atoms with van der Waals surface area (Å²) in [6, 6.07) is 0. The second-order valence-corrected chi connectivity index (χ2v) is 16.9. The van der Waals surface area contributed by atoms with Crippen LogP contribution in [0.4, 0.5) is 0 Å². The van der Waals surface area contributed by atoms with Crippen LogP contribution in [0.3, 0.4) is 0 Å². The highest BCUT2D eigenvalue weighted by molar-refractivity contribution is 6.11. The van der Waals surface area contributed by atoms with Crippen molar-refractivity contribution in [3.05, 3.63) is 0 Å². The summed E-state index contributed by atoms with van der Waals surface area (Å²) < 4.78 is 0. The fourth-order valence-electron chi connectivity index (χ4n) is 7.81. The maximum Gasteiger partial charge on any atom is 0.210 e. The highest BCUT2D eigenvalue weighted by Crippen LogP contribution is 2.26. The molecule has 0 aromatic heterocycles. The quantitative estimate of drug-likeness (QED) is 0.0421. The van der Waals surface area contributed by atoms with Crippen molar-refractivity contribution < 1.29 is 29.7 Å². The summed E-state index contributed by atoms with van der Waals surface area (Å²) in [5.41, 5.74) is -2.75. The van der Waals surface area contributed by atoms with Crippen LogP contribution in [-0.4, -0.2) is 50.5 Å². The molecular formula is C48H92O6. The van der Waals surface area contributed by atoms with Gasteiger partial charge in [-0.05, 0) is 19.3 Å². The van der Waals surface area contributed by atoms with Crippen LogP contribution in [0.1, 0.15) is 271 Å². The van der Waals surface area contributed by atoms with E-state index in [1.54, 1.807) is 0 Å².